The first-order valence-corrected chi connectivity index (χ1v) is 4.74. The Kier molecular flexibility index (Phi) is 3.69. The number of carbonyl (C=O) groups excluding carboxylic acids is 1. The van der Waals surface area contributed by atoms with Gasteiger partial charge in [0.1, 0.15) is 0 Å². The molecule has 1 amide bonds. The zero-order valence-corrected chi connectivity index (χ0v) is 8.25. The lowest BCUT2D eigenvalue weighted by Gasteiger charge is -2.20. The zero-order valence-electron chi connectivity index (χ0n) is 8.25. The van der Waals surface area contributed by atoms with Gasteiger partial charge >= 0.3 is 0 Å². The fourth-order valence-electron chi connectivity index (χ4n) is 1.69. The third-order valence-electron chi connectivity index (χ3n) is 2.50. The van der Waals surface area contributed by atoms with Gasteiger partial charge in [-0.3, -0.25) is 4.79 Å². The van der Waals surface area contributed by atoms with E-state index in [1.54, 1.807) is 14.0 Å². The largest absolute Gasteiger partial charge is 0.379 e. The van der Waals surface area contributed by atoms with Crippen LogP contribution in [-0.2, 0) is 9.53 Å². The molecule has 4 heteroatoms. The second-order valence-electron chi connectivity index (χ2n) is 3.61. The highest BCUT2D eigenvalue weighted by atomic mass is 16.5. The van der Waals surface area contributed by atoms with Gasteiger partial charge in [0.15, 0.2) is 0 Å². The Morgan fingerprint density at radius 2 is 2.31 bits per heavy atom. The lowest BCUT2D eigenvalue weighted by Crippen LogP contribution is -2.47. The molecular formula is C9H18N2O2. The summed E-state index contributed by atoms with van der Waals surface area (Å²) in [7, 11) is 1.68. The highest BCUT2D eigenvalue weighted by Gasteiger charge is 2.28. The maximum Gasteiger partial charge on any atom is 0.236 e. The number of amides is 1. The van der Waals surface area contributed by atoms with E-state index in [0.717, 1.165) is 19.3 Å². The molecule has 3 N–H and O–H groups in total. The van der Waals surface area contributed by atoms with Crippen LogP contribution >= 0.6 is 0 Å². The third-order valence-corrected chi connectivity index (χ3v) is 2.50. The monoisotopic (exact) mass is 186 g/mol. The highest BCUT2D eigenvalue weighted by molar-refractivity contribution is 5.81. The molecule has 3 unspecified atom stereocenters. The van der Waals surface area contributed by atoms with E-state index < -0.39 is 6.04 Å². The zero-order chi connectivity index (χ0) is 9.84. The number of hydrogen-bond donors (Lipinski definition) is 2. The summed E-state index contributed by atoms with van der Waals surface area (Å²) in [6.07, 6.45) is 3.31. The third kappa shape index (κ3) is 2.67. The van der Waals surface area contributed by atoms with Gasteiger partial charge < -0.3 is 15.8 Å². The Morgan fingerprint density at radius 1 is 1.62 bits per heavy atom. The van der Waals surface area contributed by atoms with Gasteiger partial charge in [-0.05, 0) is 26.2 Å². The molecule has 0 saturated heterocycles. The van der Waals surface area contributed by atoms with Crippen molar-refractivity contribution in [3.8, 4) is 0 Å². The van der Waals surface area contributed by atoms with Crippen LogP contribution in [0.25, 0.3) is 0 Å². The molecule has 0 aromatic rings. The molecule has 0 aromatic carbocycles. The SMILES string of the molecule is COC1CCCC1NC(=O)C(C)N. The molecule has 1 fully saturated rings. The van der Waals surface area contributed by atoms with E-state index in [2.05, 4.69) is 5.32 Å². The Bertz CT molecular complexity index is 182. The summed E-state index contributed by atoms with van der Waals surface area (Å²) in [5, 5.41) is 2.89. The van der Waals surface area contributed by atoms with E-state index in [1.165, 1.54) is 0 Å². The standard InChI is InChI=1S/C9H18N2O2/c1-6(10)9(12)11-7-4-3-5-8(7)13-2/h6-8H,3-5,10H2,1-2H3,(H,11,12). The molecule has 0 spiro atoms. The molecule has 4 nitrogen and oxygen atoms in total. The topological polar surface area (TPSA) is 64.3 Å². The quantitative estimate of drug-likeness (QED) is 0.653. The van der Waals surface area contributed by atoms with Crippen LogP contribution in [0.2, 0.25) is 0 Å². The summed E-state index contributed by atoms with van der Waals surface area (Å²) >= 11 is 0. The second-order valence-corrected chi connectivity index (χ2v) is 3.61. The van der Waals surface area contributed by atoms with Crippen molar-refractivity contribution in [2.75, 3.05) is 7.11 Å². The highest BCUT2D eigenvalue weighted by Crippen LogP contribution is 2.21. The molecule has 0 bridgehead atoms. The Hall–Kier alpha value is -0.610. The lowest BCUT2D eigenvalue weighted by molar-refractivity contribution is -0.123. The van der Waals surface area contributed by atoms with Crippen molar-refractivity contribution in [3.63, 3.8) is 0 Å². The summed E-state index contributed by atoms with van der Waals surface area (Å²) in [5.74, 6) is -0.0889. The summed E-state index contributed by atoms with van der Waals surface area (Å²) < 4.78 is 5.25. The molecule has 0 heterocycles. The van der Waals surface area contributed by atoms with Crippen molar-refractivity contribution in [2.24, 2.45) is 5.73 Å². The van der Waals surface area contributed by atoms with Crippen LogP contribution in [0.1, 0.15) is 26.2 Å². The molecule has 3 atom stereocenters. The van der Waals surface area contributed by atoms with E-state index in [-0.39, 0.29) is 18.1 Å². The number of nitrogens with one attached hydrogen (secondary N) is 1. The van der Waals surface area contributed by atoms with Gasteiger partial charge in [0, 0.05) is 7.11 Å². The Labute approximate surface area is 78.8 Å². The Morgan fingerprint density at radius 3 is 2.85 bits per heavy atom. The molecule has 13 heavy (non-hydrogen) atoms. The number of ether oxygens (including phenoxy) is 1. The first-order valence-electron chi connectivity index (χ1n) is 4.74. The minimum absolute atomic E-state index is 0.0889. The van der Waals surface area contributed by atoms with Crippen LogP contribution in [0.15, 0.2) is 0 Å². The van der Waals surface area contributed by atoms with E-state index >= 15 is 0 Å². The van der Waals surface area contributed by atoms with Crippen molar-refractivity contribution in [3.05, 3.63) is 0 Å². The number of rotatable bonds is 3. The fraction of sp³-hybridized carbons (Fsp3) is 0.889. The van der Waals surface area contributed by atoms with Gasteiger partial charge in [-0.1, -0.05) is 0 Å². The first-order chi connectivity index (χ1) is 6.15. The minimum Gasteiger partial charge on any atom is -0.379 e. The minimum atomic E-state index is -0.432. The molecule has 0 aromatic heterocycles. The maximum absolute atomic E-state index is 11.3. The molecule has 1 saturated carbocycles. The fourth-order valence-corrected chi connectivity index (χ4v) is 1.69. The average Bonchev–Trinajstić information content (AvgIpc) is 2.51. The van der Waals surface area contributed by atoms with Crippen molar-refractivity contribution >= 4 is 5.91 Å². The van der Waals surface area contributed by atoms with Crippen LogP contribution in [0.4, 0.5) is 0 Å². The number of nitrogens with two attached hydrogens (primary N) is 1. The van der Waals surface area contributed by atoms with Gasteiger partial charge in [0.05, 0.1) is 18.2 Å². The summed E-state index contributed by atoms with van der Waals surface area (Å²) in [6, 6.07) is -0.276. The van der Waals surface area contributed by atoms with Crippen LogP contribution in [-0.4, -0.2) is 31.2 Å². The van der Waals surface area contributed by atoms with Crippen molar-refractivity contribution in [2.45, 2.75) is 44.4 Å². The van der Waals surface area contributed by atoms with Crippen LogP contribution < -0.4 is 11.1 Å². The molecule has 1 aliphatic carbocycles. The van der Waals surface area contributed by atoms with Gasteiger partial charge in [-0.15, -0.1) is 0 Å². The van der Waals surface area contributed by atoms with E-state index in [4.69, 9.17) is 10.5 Å². The van der Waals surface area contributed by atoms with Gasteiger partial charge in [-0.25, -0.2) is 0 Å². The van der Waals surface area contributed by atoms with E-state index in [1.807, 2.05) is 0 Å². The van der Waals surface area contributed by atoms with Crippen molar-refractivity contribution in [1.82, 2.24) is 5.32 Å². The number of carbonyl (C=O) groups is 1. The second kappa shape index (κ2) is 4.58. The molecule has 1 rings (SSSR count). The summed E-state index contributed by atoms with van der Waals surface area (Å²) in [5.41, 5.74) is 5.45. The molecule has 0 aliphatic heterocycles. The summed E-state index contributed by atoms with van der Waals surface area (Å²) in [4.78, 5) is 11.3. The van der Waals surface area contributed by atoms with Crippen LogP contribution in [0, 0.1) is 0 Å². The van der Waals surface area contributed by atoms with E-state index in [0.29, 0.717) is 0 Å². The van der Waals surface area contributed by atoms with Gasteiger partial charge in [-0.2, -0.15) is 0 Å². The smallest absolute Gasteiger partial charge is 0.236 e. The average molecular weight is 186 g/mol. The van der Waals surface area contributed by atoms with E-state index in [9.17, 15) is 4.79 Å². The molecule has 0 radical (unpaired) electrons. The molecule has 1 aliphatic rings. The molecule has 76 valence electrons. The van der Waals surface area contributed by atoms with Gasteiger partial charge in [0.25, 0.3) is 0 Å². The lowest BCUT2D eigenvalue weighted by atomic mass is 10.2. The van der Waals surface area contributed by atoms with Crippen LogP contribution in [0.5, 0.6) is 0 Å². The first kappa shape index (κ1) is 10.5. The number of methoxy groups -OCH3 is 1. The Balaban J connectivity index is 2.39. The summed E-state index contributed by atoms with van der Waals surface area (Å²) in [6.45, 7) is 1.69. The van der Waals surface area contributed by atoms with Gasteiger partial charge in [0.2, 0.25) is 5.91 Å². The van der Waals surface area contributed by atoms with Crippen molar-refractivity contribution in [1.29, 1.82) is 0 Å². The maximum atomic E-state index is 11.3. The van der Waals surface area contributed by atoms with Crippen LogP contribution in [0.3, 0.4) is 0 Å². The normalized spacial score (nSPS) is 30.1. The predicted molar refractivity (Wildman–Crippen MR) is 50.2 cm³/mol. The predicted octanol–water partition coefficient (Wildman–Crippen LogP) is 0.0173. The number of hydrogen-bond acceptors (Lipinski definition) is 3. The van der Waals surface area contributed by atoms with Crippen molar-refractivity contribution < 1.29 is 9.53 Å². The molecular weight excluding hydrogens is 168 g/mol.